The van der Waals surface area contributed by atoms with Crippen LogP contribution in [-0.4, -0.2) is 30.1 Å². The van der Waals surface area contributed by atoms with E-state index in [0.717, 1.165) is 31.6 Å². The van der Waals surface area contributed by atoms with E-state index in [9.17, 15) is 9.59 Å². The lowest BCUT2D eigenvalue weighted by molar-refractivity contribution is 0.0169. The molecule has 1 saturated heterocycles. The number of carbonyl (C=O) groups is 1. The average molecular weight is 250 g/mol. The quantitative estimate of drug-likeness (QED) is 0.840. The van der Waals surface area contributed by atoms with Crippen LogP contribution in [0.5, 0.6) is 0 Å². The average Bonchev–Trinajstić information content (AvgIpc) is 2.37. The molecule has 2 heterocycles. The minimum Gasteiger partial charge on any atom is -0.376 e. The molecule has 18 heavy (non-hydrogen) atoms. The van der Waals surface area contributed by atoms with Crippen LogP contribution in [0.15, 0.2) is 16.9 Å². The van der Waals surface area contributed by atoms with Crippen LogP contribution in [0.2, 0.25) is 0 Å². The van der Waals surface area contributed by atoms with Gasteiger partial charge in [0, 0.05) is 18.8 Å². The van der Waals surface area contributed by atoms with Crippen molar-refractivity contribution in [1.29, 1.82) is 0 Å². The van der Waals surface area contributed by atoms with Gasteiger partial charge >= 0.3 is 0 Å². The van der Waals surface area contributed by atoms with Crippen molar-refractivity contribution in [3.8, 4) is 0 Å². The van der Waals surface area contributed by atoms with E-state index in [1.807, 2.05) is 0 Å². The summed E-state index contributed by atoms with van der Waals surface area (Å²) in [4.78, 5) is 26.0. The molecule has 0 saturated carbocycles. The van der Waals surface area contributed by atoms with Gasteiger partial charge in [-0.3, -0.25) is 9.59 Å². The number of H-pyrrole nitrogens is 1. The van der Waals surface area contributed by atoms with Gasteiger partial charge in [-0.15, -0.1) is 0 Å². The van der Waals surface area contributed by atoms with E-state index >= 15 is 0 Å². The third-order valence-electron chi connectivity index (χ3n) is 3.06. The molecule has 0 aromatic carbocycles. The Labute approximate surface area is 106 Å². The first-order valence-corrected chi connectivity index (χ1v) is 6.26. The van der Waals surface area contributed by atoms with Crippen molar-refractivity contribution < 1.29 is 9.53 Å². The molecule has 1 fully saturated rings. The van der Waals surface area contributed by atoms with E-state index < -0.39 is 0 Å². The fourth-order valence-electron chi connectivity index (χ4n) is 2.02. The number of amides is 1. The molecular weight excluding hydrogens is 232 g/mol. The Bertz CT molecular complexity index is 475. The van der Waals surface area contributed by atoms with Crippen LogP contribution in [0.4, 0.5) is 0 Å². The van der Waals surface area contributed by atoms with Crippen molar-refractivity contribution in [1.82, 2.24) is 10.3 Å². The second kappa shape index (κ2) is 5.82. The predicted molar refractivity (Wildman–Crippen MR) is 67.7 cm³/mol. The highest BCUT2D eigenvalue weighted by Gasteiger charge is 2.16. The zero-order valence-electron chi connectivity index (χ0n) is 10.5. The van der Waals surface area contributed by atoms with Crippen LogP contribution < -0.4 is 10.9 Å². The van der Waals surface area contributed by atoms with Crippen molar-refractivity contribution in [2.75, 3.05) is 13.2 Å². The number of hydrogen-bond acceptors (Lipinski definition) is 3. The molecule has 5 heteroatoms. The number of pyridine rings is 1. The van der Waals surface area contributed by atoms with Gasteiger partial charge in [0.2, 0.25) is 0 Å². The molecule has 0 unspecified atom stereocenters. The standard InChI is InChI=1S/C13H18N2O3/c1-9-5-6-11(13(17)15-9)12(16)14-8-10-4-2-3-7-18-10/h5-6,10H,2-4,7-8H2,1H3,(H,14,16)(H,15,17)/t10-/m1/s1. The Balaban J connectivity index is 1.93. The molecule has 1 aliphatic rings. The van der Waals surface area contributed by atoms with Crippen LogP contribution >= 0.6 is 0 Å². The van der Waals surface area contributed by atoms with Crippen molar-refractivity contribution in [2.24, 2.45) is 0 Å². The zero-order valence-corrected chi connectivity index (χ0v) is 10.5. The van der Waals surface area contributed by atoms with E-state index in [2.05, 4.69) is 10.3 Å². The minimum atomic E-state index is -0.350. The van der Waals surface area contributed by atoms with Crippen LogP contribution in [0.1, 0.15) is 35.3 Å². The van der Waals surface area contributed by atoms with Crippen molar-refractivity contribution in [3.63, 3.8) is 0 Å². The second-order valence-corrected chi connectivity index (χ2v) is 4.58. The Morgan fingerprint density at radius 1 is 1.50 bits per heavy atom. The highest BCUT2D eigenvalue weighted by atomic mass is 16.5. The summed E-state index contributed by atoms with van der Waals surface area (Å²) in [6.07, 6.45) is 3.25. The molecule has 98 valence electrons. The maximum Gasteiger partial charge on any atom is 0.260 e. The van der Waals surface area contributed by atoms with Gasteiger partial charge in [-0.1, -0.05) is 0 Å². The van der Waals surface area contributed by atoms with Crippen molar-refractivity contribution in [3.05, 3.63) is 33.7 Å². The molecular formula is C13H18N2O3. The molecule has 1 aromatic heterocycles. The lowest BCUT2D eigenvalue weighted by atomic mass is 10.1. The molecule has 0 radical (unpaired) electrons. The monoisotopic (exact) mass is 250 g/mol. The molecule has 2 rings (SSSR count). The summed E-state index contributed by atoms with van der Waals surface area (Å²) in [5.74, 6) is -0.342. The van der Waals surface area contributed by atoms with E-state index in [-0.39, 0.29) is 23.1 Å². The molecule has 1 aromatic rings. The molecule has 1 aliphatic heterocycles. The summed E-state index contributed by atoms with van der Waals surface area (Å²) >= 11 is 0. The van der Waals surface area contributed by atoms with Gasteiger partial charge < -0.3 is 15.0 Å². The fraction of sp³-hybridized carbons (Fsp3) is 0.538. The Morgan fingerprint density at radius 3 is 3.00 bits per heavy atom. The van der Waals surface area contributed by atoms with Crippen LogP contribution in [-0.2, 0) is 4.74 Å². The third-order valence-corrected chi connectivity index (χ3v) is 3.06. The molecule has 2 N–H and O–H groups in total. The van der Waals surface area contributed by atoms with Crippen LogP contribution in [0.3, 0.4) is 0 Å². The molecule has 5 nitrogen and oxygen atoms in total. The number of rotatable bonds is 3. The maximum atomic E-state index is 11.8. The molecule has 0 spiro atoms. The SMILES string of the molecule is Cc1ccc(C(=O)NC[C@H]2CCCCO2)c(=O)[nH]1. The summed E-state index contributed by atoms with van der Waals surface area (Å²) in [6.45, 7) is 3.00. The molecule has 0 aliphatic carbocycles. The highest BCUT2D eigenvalue weighted by Crippen LogP contribution is 2.11. The van der Waals surface area contributed by atoms with Crippen molar-refractivity contribution >= 4 is 5.91 Å². The van der Waals surface area contributed by atoms with Crippen molar-refractivity contribution in [2.45, 2.75) is 32.3 Å². The first kappa shape index (κ1) is 12.8. The van der Waals surface area contributed by atoms with E-state index in [4.69, 9.17) is 4.74 Å². The Kier molecular flexibility index (Phi) is 4.15. The third kappa shape index (κ3) is 3.20. The van der Waals surface area contributed by atoms with Gasteiger partial charge in [0.05, 0.1) is 6.10 Å². The number of hydrogen-bond donors (Lipinski definition) is 2. The topological polar surface area (TPSA) is 71.2 Å². The Morgan fingerprint density at radius 2 is 2.33 bits per heavy atom. The number of aromatic amines is 1. The van der Waals surface area contributed by atoms with Gasteiger partial charge in [0.25, 0.3) is 11.5 Å². The smallest absolute Gasteiger partial charge is 0.260 e. The summed E-state index contributed by atoms with van der Waals surface area (Å²) < 4.78 is 5.51. The molecule has 1 atom stereocenters. The van der Waals surface area contributed by atoms with Crippen LogP contribution in [0, 0.1) is 6.92 Å². The summed E-state index contributed by atoms with van der Waals surface area (Å²) in [5.41, 5.74) is 0.542. The lowest BCUT2D eigenvalue weighted by Crippen LogP contribution is -2.37. The van der Waals surface area contributed by atoms with Crippen LogP contribution in [0.25, 0.3) is 0 Å². The van der Waals surface area contributed by atoms with Gasteiger partial charge in [-0.05, 0) is 38.3 Å². The first-order valence-electron chi connectivity index (χ1n) is 6.26. The summed E-state index contributed by atoms with van der Waals surface area (Å²) in [7, 11) is 0. The Hall–Kier alpha value is -1.62. The number of carbonyl (C=O) groups excluding carboxylic acids is 1. The maximum absolute atomic E-state index is 11.8. The van der Waals surface area contributed by atoms with Gasteiger partial charge in [0.15, 0.2) is 0 Å². The first-order chi connectivity index (χ1) is 8.66. The van der Waals surface area contributed by atoms with E-state index in [0.29, 0.717) is 6.54 Å². The second-order valence-electron chi connectivity index (χ2n) is 4.58. The summed E-state index contributed by atoms with van der Waals surface area (Å²) in [5, 5.41) is 2.75. The minimum absolute atomic E-state index is 0.0761. The molecule has 1 amide bonds. The molecule has 0 bridgehead atoms. The largest absolute Gasteiger partial charge is 0.376 e. The normalized spacial score (nSPS) is 19.5. The predicted octanol–water partition coefficient (Wildman–Crippen LogP) is 0.982. The number of aryl methyl sites for hydroxylation is 1. The van der Waals surface area contributed by atoms with Gasteiger partial charge in [-0.25, -0.2) is 0 Å². The van der Waals surface area contributed by atoms with Gasteiger partial charge in [-0.2, -0.15) is 0 Å². The lowest BCUT2D eigenvalue weighted by Gasteiger charge is -2.22. The fourth-order valence-corrected chi connectivity index (χ4v) is 2.02. The summed E-state index contributed by atoms with van der Waals surface area (Å²) in [6, 6.07) is 3.26. The number of aromatic nitrogens is 1. The van der Waals surface area contributed by atoms with E-state index in [1.165, 1.54) is 0 Å². The van der Waals surface area contributed by atoms with E-state index in [1.54, 1.807) is 19.1 Å². The zero-order chi connectivity index (χ0) is 13.0. The number of nitrogens with one attached hydrogen (secondary N) is 2. The van der Waals surface area contributed by atoms with Gasteiger partial charge in [0.1, 0.15) is 5.56 Å². The highest BCUT2D eigenvalue weighted by molar-refractivity contribution is 5.93. The number of ether oxygens (including phenoxy) is 1.